The third-order valence-electron chi connectivity index (χ3n) is 5.67. The summed E-state index contributed by atoms with van der Waals surface area (Å²) in [6.07, 6.45) is 1.82. The van der Waals surface area contributed by atoms with Crippen LogP contribution in [0.1, 0.15) is 37.4 Å². The van der Waals surface area contributed by atoms with Crippen molar-refractivity contribution < 1.29 is 19.5 Å². The Hall–Kier alpha value is -2.94. The largest absolute Gasteiger partial charge is 0.489 e. The van der Waals surface area contributed by atoms with Crippen molar-refractivity contribution in [1.29, 1.82) is 0 Å². The Labute approximate surface area is 187 Å². The Morgan fingerprint density at radius 3 is 2.72 bits per heavy atom. The fraction of sp³-hybridized carbons (Fsp3) is 0.417. The third-order valence-corrected chi connectivity index (χ3v) is 5.67. The van der Waals surface area contributed by atoms with E-state index in [4.69, 9.17) is 9.26 Å². The minimum absolute atomic E-state index is 0.0754. The molecule has 0 spiro atoms. The maximum absolute atomic E-state index is 9.41. The van der Waals surface area contributed by atoms with Crippen LogP contribution in [0.5, 0.6) is 5.75 Å². The van der Waals surface area contributed by atoms with Crippen molar-refractivity contribution in [3.63, 3.8) is 0 Å². The van der Waals surface area contributed by atoms with Crippen molar-refractivity contribution >= 4 is 5.69 Å². The topological polar surface area (TPSA) is 113 Å². The second-order valence-corrected chi connectivity index (χ2v) is 8.24. The number of hydrogen-bond acceptors (Lipinski definition) is 8. The maximum Gasteiger partial charge on any atom is 0.258 e. The highest BCUT2D eigenvalue weighted by Gasteiger charge is 2.28. The van der Waals surface area contributed by atoms with Crippen LogP contribution in [-0.4, -0.2) is 52.8 Å². The number of aliphatic hydroxyl groups excluding tert-OH is 2. The number of benzene rings is 2. The van der Waals surface area contributed by atoms with Crippen molar-refractivity contribution in [2.75, 3.05) is 25.6 Å². The van der Waals surface area contributed by atoms with E-state index in [1.807, 2.05) is 51.2 Å². The summed E-state index contributed by atoms with van der Waals surface area (Å²) in [6.45, 7) is 3.77. The summed E-state index contributed by atoms with van der Waals surface area (Å²) in [7, 11) is 1.85. The average Bonchev–Trinajstić information content (AvgIpc) is 3.45. The molecule has 170 valence electrons. The van der Waals surface area contributed by atoms with Crippen LogP contribution in [0.4, 0.5) is 5.69 Å². The van der Waals surface area contributed by atoms with E-state index in [1.54, 1.807) is 0 Å². The smallest absolute Gasteiger partial charge is 0.258 e. The van der Waals surface area contributed by atoms with Crippen LogP contribution in [-0.2, 0) is 6.42 Å². The van der Waals surface area contributed by atoms with Crippen molar-refractivity contribution in [2.45, 2.75) is 44.9 Å². The van der Waals surface area contributed by atoms with E-state index in [9.17, 15) is 10.2 Å². The molecule has 32 heavy (non-hydrogen) atoms. The molecular formula is C24H30N4O4. The molecule has 0 fully saturated rings. The van der Waals surface area contributed by atoms with E-state index in [-0.39, 0.29) is 31.4 Å². The molecule has 3 aromatic rings. The van der Waals surface area contributed by atoms with Gasteiger partial charge in [-0.1, -0.05) is 23.4 Å². The lowest BCUT2D eigenvalue weighted by atomic mass is 10.0. The lowest BCUT2D eigenvalue weighted by Crippen LogP contribution is -2.37. The number of anilines is 1. The van der Waals surface area contributed by atoms with Gasteiger partial charge in [0.15, 0.2) is 0 Å². The second kappa shape index (κ2) is 9.68. The molecule has 0 radical (unpaired) electrons. The van der Waals surface area contributed by atoms with E-state index in [1.165, 1.54) is 5.56 Å². The van der Waals surface area contributed by atoms with Crippen molar-refractivity contribution in [2.24, 2.45) is 0 Å². The molecule has 0 bridgehead atoms. The van der Waals surface area contributed by atoms with Gasteiger partial charge in [0.1, 0.15) is 5.75 Å². The van der Waals surface area contributed by atoms with Crippen LogP contribution >= 0.6 is 0 Å². The lowest BCUT2D eigenvalue weighted by molar-refractivity contribution is 0.162. The summed E-state index contributed by atoms with van der Waals surface area (Å²) >= 11 is 0. The first-order chi connectivity index (χ1) is 15.5. The zero-order chi connectivity index (χ0) is 22.7. The number of nitrogens with one attached hydrogen (secondary N) is 2. The highest BCUT2D eigenvalue weighted by atomic mass is 16.5. The summed E-state index contributed by atoms with van der Waals surface area (Å²) in [6, 6.07) is 11.5. The van der Waals surface area contributed by atoms with Crippen molar-refractivity contribution in [3.8, 4) is 28.6 Å². The van der Waals surface area contributed by atoms with Crippen molar-refractivity contribution in [3.05, 3.63) is 47.5 Å². The summed E-state index contributed by atoms with van der Waals surface area (Å²) in [5, 5.41) is 29.5. The molecule has 8 nitrogen and oxygen atoms in total. The number of aliphatic hydroxyl groups is 2. The lowest BCUT2D eigenvalue weighted by Gasteiger charge is -2.20. The normalized spacial score (nSPS) is 15.4. The molecule has 4 rings (SSSR count). The first-order valence-corrected chi connectivity index (χ1v) is 11.0. The Kier molecular flexibility index (Phi) is 6.74. The molecule has 0 saturated carbocycles. The molecule has 0 amide bonds. The predicted molar refractivity (Wildman–Crippen MR) is 123 cm³/mol. The number of fused-ring (bicyclic) bond motifs is 1. The maximum atomic E-state index is 9.41. The molecule has 1 aliphatic rings. The van der Waals surface area contributed by atoms with Gasteiger partial charge >= 0.3 is 0 Å². The van der Waals surface area contributed by atoms with Crippen LogP contribution in [0.3, 0.4) is 0 Å². The van der Waals surface area contributed by atoms with Crippen LogP contribution in [0.15, 0.2) is 40.9 Å². The van der Waals surface area contributed by atoms with Gasteiger partial charge in [-0.25, -0.2) is 0 Å². The zero-order valence-corrected chi connectivity index (χ0v) is 18.6. The van der Waals surface area contributed by atoms with Crippen LogP contribution in [0.25, 0.3) is 22.8 Å². The first-order valence-electron chi connectivity index (χ1n) is 11.0. The average molecular weight is 439 g/mol. The highest BCUT2D eigenvalue weighted by Crippen LogP contribution is 2.38. The van der Waals surface area contributed by atoms with Gasteiger partial charge in [-0.15, -0.1) is 0 Å². The van der Waals surface area contributed by atoms with Crippen molar-refractivity contribution in [1.82, 2.24) is 15.5 Å². The van der Waals surface area contributed by atoms with Gasteiger partial charge in [0.25, 0.3) is 5.89 Å². The quantitative estimate of drug-likeness (QED) is 0.403. The summed E-state index contributed by atoms with van der Waals surface area (Å²) in [5.74, 6) is 1.76. The van der Waals surface area contributed by atoms with E-state index in [0.29, 0.717) is 11.7 Å². The van der Waals surface area contributed by atoms with Gasteiger partial charge in [0, 0.05) is 24.2 Å². The molecule has 1 atom stereocenters. The second-order valence-electron chi connectivity index (χ2n) is 8.24. The number of ether oxygens (including phenoxy) is 1. The Bertz CT molecular complexity index is 1060. The Morgan fingerprint density at radius 1 is 1.19 bits per heavy atom. The minimum Gasteiger partial charge on any atom is -0.489 e. The molecule has 0 aliphatic heterocycles. The Balaban J connectivity index is 1.61. The third kappa shape index (κ3) is 4.48. The molecule has 1 unspecified atom stereocenters. The van der Waals surface area contributed by atoms with E-state index < -0.39 is 0 Å². The monoisotopic (exact) mass is 438 g/mol. The zero-order valence-electron chi connectivity index (χ0n) is 18.6. The Morgan fingerprint density at radius 2 is 2.00 bits per heavy atom. The molecular weight excluding hydrogens is 408 g/mol. The predicted octanol–water partition coefficient (Wildman–Crippen LogP) is 3.16. The van der Waals surface area contributed by atoms with Gasteiger partial charge < -0.3 is 30.1 Å². The molecule has 4 N–H and O–H groups in total. The summed E-state index contributed by atoms with van der Waals surface area (Å²) in [4.78, 5) is 4.67. The van der Waals surface area contributed by atoms with E-state index in [0.717, 1.165) is 41.0 Å². The van der Waals surface area contributed by atoms with Crippen LogP contribution in [0.2, 0.25) is 0 Å². The minimum atomic E-state index is -0.338. The summed E-state index contributed by atoms with van der Waals surface area (Å²) in [5.41, 5.74) is 4.93. The molecule has 1 aliphatic carbocycles. The van der Waals surface area contributed by atoms with Gasteiger partial charge in [-0.2, -0.15) is 4.98 Å². The SMILES string of the molecule is CNc1cc(-c2nc(-c3cccc4c3CCC4NC(CO)CO)no2)ccc1OC(C)C. The van der Waals surface area contributed by atoms with Gasteiger partial charge in [0.05, 0.1) is 31.0 Å². The molecule has 0 saturated heterocycles. The number of nitrogens with zero attached hydrogens (tertiary/aromatic N) is 2. The first kappa shape index (κ1) is 22.3. The number of aromatic nitrogens is 2. The molecule has 2 aromatic carbocycles. The molecule has 8 heteroatoms. The van der Waals surface area contributed by atoms with E-state index in [2.05, 4.69) is 26.8 Å². The standard InChI is InChI=1S/C24H30N4O4/c1-14(2)31-22-10-7-15(11-21(22)25-3)24-27-23(28-32-24)19-6-4-5-18-17(19)8-9-20(18)26-16(12-29)13-30/h4-7,10-11,14,16,20,25-26,29-30H,8-9,12-13H2,1-3H3. The summed E-state index contributed by atoms with van der Waals surface area (Å²) < 4.78 is 11.4. The fourth-order valence-corrected chi connectivity index (χ4v) is 4.15. The van der Waals surface area contributed by atoms with Gasteiger partial charge in [-0.3, -0.25) is 0 Å². The van der Waals surface area contributed by atoms with Crippen LogP contribution in [0, 0.1) is 0 Å². The van der Waals surface area contributed by atoms with E-state index >= 15 is 0 Å². The molecule has 1 aromatic heterocycles. The number of hydrogen-bond donors (Lipinski definition) is 4. The fourth-order valence-electron chi connectivity index (χ4n) is 4.15. The number of rotatable bonds is 9. The highest BCUT2D eigenvalue weighted by molar-refractivity contribution is 5.70. The van der Waals surface area contributed by atoms with Gasteiger partial charge in [0.2, 0.25) is 5.82 Å². The molecule has 1 heterocycles. The van der Waals surface area contributed by atoms with Gasteiger partial charge in [-0.05, 0) is 56.0 Å². The van der Waals surface area contributed by atoms with Crippen LogP contribution < -0.4 is 15.4 Å².